The van der Waals surface area contributed by atoms with Crippen LogP contribution < -0.4 is 25.1 Å². The van der Waals surface area contributed by atoms with Crippen molar-refractivity contribution in [1.82, 2.24) is 10.9 Å². The molecule has 0 bridgehead atoms. The lowest BCUT2D eigenvalue weighted by molar-refractivity contribution is -0.128. The van der Waals surface area contributed by atoms with Gasteiger partial charge >= 0.3 is 0 Å². The molecule has 0 aliphatic heterocycles. The van der Waals surface area contributed by atoms with E-state index < -0.39 is 23.7 Å². The summed E-state index contributed by atoms with van der Waals surface area (Å²) in [5.41, 5.74) is 4.82. The Hall–Kier alpha value is -4.07. The van der Waals surface area contributed by atoms with Crippen LogP contribution >= 0.6 is 0 Å². The zero-order valence-corrected chi connectivity index (χ0v) is 17.4. The number of rotatable bonds is 9. The van der Waals surface area contributed by atoms with E-state index in [1.807, 2.05) is 30.3 Å². The van der Waals surface area contributed by atoms with Gasteiger partial charge in [0.1, 0.15) is 24.7 Å². The average Bonchev–Trinajstić information content (AvgIpc) is 2.82. The van der Waals surface area contributed by atoms with E-state index in [1.54, 1.807) is 30.3 Å². The first kappa shape index (κ1) is 22.6. The summed E-state index contributed by atoms with van der Waals surface area (Å²) in [6, 6.07) is 21.6. The van der Waals surface area contributed by atoms with Crippen molar-refractivity contribution >= 4 is 11.8 Å². The molecule has 0 aromatic heterocycles. The molecule has 3 aromatic rings. The standard InChI is InChI=1S/C24H23FN2O5/c1-17(32-22-14-8-6-12-20(22)25)23(28)26-27-24(29)19-11-5-7-13-21(19)31-16-15-30-18-9-3-2-4-10-18/h2-14,17H,15-16H2,1H3,(H,26,28)(H,27,29). The average molecular weight is 438 g/mol. The molecule has 32 heavy (non-hydrogen) atoms. The minimum absolute atomic E-state index is 0.0575. The number of carbonyl (C=O) groups excluding carboxylic acids is 2. The molecule has 1 unspecified atom stereocenters. The Morgan fingerprint density at radius 1 is 0.812 bits per heavy atom. The second kappa shape index (κ2) is 11.4. The van der Waals surface area contributed by atoms with Crippen LogP contribution in [0.25, 0.3) is 0 Å². The highest BCUT2D eigenvalue weighted by atomic mass is 19.1. The van der Waals surface area contributed by atoms with E-state index in [0.717, 1.165) is 5.75 Å². The van der Waals surface area contributed by atoms with Crippen molar-refractivity contribution in [1.29, 1.82) is 0 Å². The highest BCUT2D eigenvalue weighted by Gasteiger charge is 2.18. The fraction of sp³-hybridized carbons (Fsp3) is 0.167. The Morgan fingerprint density at radius 3 is 2.19 bits per heavy atom. The lowest BCUT2D eigenvalue weighted by Crippen LogP contribution is -2.47. The molecule has 2 N–H and O–H groups in total. The van der Waals surface area contributed by atoms with Crippen molar-refractivity contribution in [2.24, 2.45) is 0 Å². The fourth-order valence-electron chi connectivity index (χ4n) is 2.68. The molecule has 0 aliphatic carbocycles. The van der Waals surface area contributed by atoms with Gasteiger partial charge in [0.25, 0.3) is 11.8 Å². The van der Waals surface area contributed by atoms with Gasteiger partial charge in [-0.3, -0.25) is 20.4 Å². The molecular formula is C24H23FN2O5. The number of carbonyl (C=O) groups is 2. The zero-order chi connectivity index (χ0) is 22.8. The minimum atomic E-state index is -1.03. The van der Waals surface area contributed by atoms with Crippen LogP contribution in [0, 0.1) is 5.82 Å². The Balaban J connectivity index is 1.49. The maximum Gasteiger partial charge on any atom is 0.279 e. The lowest BCUT2D eigenvalue weighted by Gasteiger charge is -2.16. The third kappa shape index (κ3) is 6.46. The van der Waals surface area contributed by atoms with Crippen molar-refractivity contribution in [2.75, 3.05) is 13.2 Å². The van der Waals surface area contributed by atoms with Crippen LogP contribution in [0.2, 0.25) is 0 Å². The number of amides is 2. The monoisotopic (exact) mass is 438 g/mol. The summed E-state index contributed by atoms with van der Waals surface area (Å²) in [5.74, 6) is -0.799. The van der Waals surface area contributed by atoms with E-state index in [4.69, 9.17) is 14.2 Å². The van der Waals surface area contributed by atoms with Crippen molar-refractivity contribution in [2.45, 2.75) is 13.0 Å². The molecular weight excluding hydrogens is 415 g/mol. The van der Waals surface area contributed by atoms with Gasteiger partial charge in [0.15, 0.2) is 17.7 Å². The maximum absolute atomic E-state index is 13.7. The van der Waals surface area contributed by atoms with Gasteiger partial charge in [-0.05, 0) is 43.3 Å². The number of benzene rings is 3. The molecule has 3 rings (SSSR count). The summed E-state index contributed by atoms with van der Waals surface area (Å²) in [5, 5.41) is 0. The van der Waals surface area contributed by atoms with E-state index >= 15 is 0 Å². The molecule has 0 fully saturated rings. The van der Waals surface area contributed by atoms with Gasteiger partial charge < -0.3 is 14.2 Å². The van der Waals surface area contributed by atoms with Crippen LogP contribution in [0.3, 0.4) is 0 Å². The lowest BCUT2D eigenvalue weighted by atomic mass is 10.2. The van der Waals surface area contributed by atoms with Gasteiger partial charge in [-0.2, -0.15) is 0 Å². The van der Waals surface area contributed by atoms with Crippen molar-refractivity contribution in [3.05, 3.63) is 90.2 Å². The third-order valence-corrected chi connectivity index (χ3v) is 4.29. The summed E-state index contributed by atoms with van der Waals surface area (Å²) >= 11 is 0. The number of hydrogen-bond acceptors (Lipinski definition) is 5. The predicted molar refractivity (Wildman–Crippen MR) is 116 cm³/mol. The molecule has 1 atom stereocenters. The maximum atomic E-state index is 13.7. The van der Waals surface area contributed by atoms with E-state index in [2.05, 4.69) is 10.9 Å². The number of nitrogens with one attached hydrogen (secondary N) is 2. The summed E-state index contributed by atoms with van der Waals surface area (Å²) in [6.45, 7) is 1.96. The molecule has 2 amide bonds. The molecule has 3 aromatic carbocycles. The van der Waals surface area contributed by atoms with E-state index in [1.165, 1.54) is 25.1 Å². The van der Waals surface area contributed by atoms with Crippen molar-refractivity contribution < 1.29 is 28.2 Å². The van der Waals surface area contributed by atoms with Crippen LogP contribution in [-0.2, 0) is 4.79 Å². The minimum Gasteiger partial charge on any atom is -0.490 e. The second-order valence-corrected chi connectivity index (χ2v) is 6.64. The molecule has 0 heterocycles. The predicted octanol–water partition coefficient (Wildman–Crippen LogP) is 3.51. The number of ether oxygens (including phenoxy) is 3. The van der Waals surface area contributed by atoms with E-state index in [-0.39, 0.29) is 17.9 Å². The van der Waals surface area contributed by atoms with Crippen LogP contribution in [0.15, 0.2) is 78.9 Å². The normalized spacial score (nSPS) is 11.2. The summed E-state index contributed by atoms with van der Waals surface area (Å²) < 4.78 is 30.2. The van der Waals surface area contributed by atoms with Gasteiger partial charge in [0.2, 0.25) is 0 Å². The summed E-state index contributed by atoms with van der Waals surface area (Å²) in [6.07, 6.45) is -1.03. The van der Waals surface area contributed by atoms with Gasteiger partial charge in [-0.15, -0.1) is 0 Å². The number of hydrazine groups is 1. The molecule has 0 spiro atoms. The van der Waals surface area contributed by atoms with Gasteiger partial charge in [0.05, 0.1) is 5.56 Å². The van der Waals surface area contributed by atoms with Crippen LogP contribution in [0.5, 0.6) is 17.2 Å². The van der Waals surface area contributed by atoms with Gasteiger partial charge in [-0.25, -0.2) is 4.39 Å². The highest BCUT2D eigenvalue weighted by Crippen LogP contribution is 2.18. The quantitative estimate of drug-likeness (QED) is 0.395. The topological polar surface area (TPSA) is 85.9 Å². The van der Waals surface area contributed by atoms with Crippen LogP contribution in [0.4, 0.5) is 4.39 Å². The number of hydrogen-bond donors (Lipinski definition) is 2. The van der Waals surface area contributed by atoms with Crippen LogP contribution in [-0.4, -0.2) is 31.1 Å². The SMILES string of the molecule is CC(Oc1ccccc1F)C(=O)NNC(=O)c1ccccc1OCCOc1ccccc1. The third-order valence-electron chi connectivity index (χ3n) is 4.29. The number of para-hydroxylation sites is 3. The van der Waals surface area contributed by atoms with Gasteiger partial charge in [0, 0.05) is 0 Å². The molecule has 7 nitrogen and oxygen atoms in total. The first-order valence-corrected chi connectivity index (χ1v) is 9.95. The van der Waals surface area contributed by atoms with E-state index in [0.29, 0.717) is 12.4 Å². The summed E-state index contributed by atoms with van der Waals surface area (Å²) in [4.78, 5) is 24.7. The molecule has 8 heteroatoms. The van der Waals surface area contributed by atoms with Crippen LogP contribution in [0.1, 0.15) is 17.3 Å². The largest absolute Gasteiger partial charge is 0.490 e. The Morgan fingerprint density at radius 2 is 1.44 bits per heavy atom. The smallest absolute Gasteiger partial charge is 0.279 e. The fourth-order valence-corrected chi connectivity index (χ4v) is 2.68. The Labute approximate surface area is 185 Å². The van der Waals surface area contributed by atoms with Gasteiger partial charge in [-0.1, -0.05) is 42.5 Å². The second-order valence-electron chi connectivity index (χ2n) is 6.64. The Kier molecular flexibility index (Phi) is 8.02. The van der Waals surface area contributed by atoms with E-state index in [9.17, 15) is 14.0 Å². The molecule has 166 valence electrons. The number of halogens is 1. The molecule has 0 saturated heterocycles. The molecule has 0 saturated carbocycles. The highest BCUT2D eigenvalue weighted by molar-refractivity contribution is 5.98. The Bertz CT molecular complexity index is 1050. The van der Waals surface area contributed by atoms with Crippen molar-refractivity contribution in [3.8, 4) is 17.2 Å². The zero-order valence-electron chi connectivity index (χ0n) is 17.4. The first-order chi connectivity index (χ1) is 15.5. The first-order valence-electron chi connectivity index (χ1n) is 9.95. The molecule has 0 radical (unpaired) electrons. The van der Waals surface area contributed by atoms with Crippen molar-refractivity contribution in [3.63, 3.8) is 0 Å². The summed E-state index contributed by atoms with van der Waals surface area (Å²) in [7, 11) is 0. The molecule has 0 aliphatic rings.